The lowest BCUT2D eigenvalue weighted by atomic mass is 10.0. The predicted octanol–water partition coefficient (Wildman–Crippen LogP) is 4.24. The fourth-order valence-electron chi connectivity index (χ4n) is 6.12. The Labute approximate surface area is 285 Å². The predicted molar refractivity (Wildman–Crippen MR) is 174 cm³/mol. The molecule has 14 heteroatoms. The van der Waals surface area contributed by atoms with E-state index in [2.05, 4.69) is 5.32 Å². The summed E-state index contributed by atoms with van der Waals surface area (Å²) < 4.78 is 76.0. The number of benzene rings is 3. The van der Waals surface area contributed by atoms with Crippen LogP contribution in [-0.4, -0.2) is 81.6 Å². The van der Waals surface area contributed by atoms with Crippen LogP contribution in [0.4, 0.5) is 9.18 Å². The Hall–Kier alpha value is -3.95. The number of fused-ring (bicyclic) bond motifs is 2. The number of rotatable bonds is 14. The lowest BCUT2D eigenvalue weighted by Gasteiger charge is -2.31. The zero-order chi connectivity index (χ0) is 34.5. The Morgan fingerprint density at radius 3 is 2.59 bits per heavy atom. The maximum absolute atomic E-state index is 13.9. The number of amides is 1. The van der Waals surface area contributed by atoms with Crippen LogP contribution in [-0.2, 0) is 37.3 Å². The molecule has 0 spiro atoms. The van der Waals surface area contributed by atoms with Crippen LogP contribution in [0.5, 0.6) is 17.2 Å². The lowest BCUT2D eigenvalue weighted by Crippen LogP contribution is -2.51. The minimum absolute atomic E-state index is 0.00176. The number of halogens is 1. The maximum atomic E-state index is 13.9. The van der Waals surface area contributed by atoms with E-state index in [1.54, 1.807) is 36.4 Å². The van der Waals surface area contributed by atoms with E-state index in [1.165, 1.54) is 34.6 Å². The monoisotopic (exact) mass is 700 g/mol. The zero-order valence-electron chi connectivity index (χ0n) is 27.3. The summed E-state index contributed by atoms with van der Waals surface area (Å²) in [5, 5.41) is 14.4. The van der Waals surface area contributed by atoms with Gasteiger partial charge in [0.15, 0.2) is 17.8 Å². The molecule has 0 bridgehead atoms. The van der Waals surface area contributed by atoms with Crippen molar-refractivity contribution >= 4 is 16.1 Å². The van der Waals surface area contributed by atoms with Gasteiger partial charge >= 0.3 is 6.09 Å². The number of aliphatic hydroxyl groups is 1. The largest absolute Gasteiger partial charge is 0.489 e. The second-order valence-corrected chi connectivity index (χ2v) is 14.7. The Balaban J connectivity index is 1.18. The van der Waals surface area contributed by atoms with Gasteiger partial charge in [0.05, 0.1) is 36.2 Å². The molecular weight excluding hydrogens is 659 g/mol. The van der Waals surface area contributed by atoms with Gasteiger partial charge in [-0.05, 0) is 66.3 Å². The van der Waals surface area contributed by atoms with Crippen molar-refractivity contribution < 1.29 is 51.1 Å². The van der Waals surface area contributed by atoms with Gasteiger partial charge < -0.3 is 38.8 Å². The molecule has 2 N–H and O–H groups in total. The van der Waals surface area contributed by atoms with Crippen LogP contribution in [0.3, 0.4) is 0 Å². The second kappa shape index (κ2) is 15.3. The van der Waals surface area contributed by atoms with E-state index in [9.17, 15) is 22.7 Å². The molecule has 0 saturated carbocycles. The number of alkyl carbamates (subject to hydrolysis) is 1. The van der Waals surface area contributed by atoms with Gasteiger partial charge in [0.2, 0.25) is 16.8 Å². The van der Waals surface area contributed by atoms with Gasteiger partial charge in [-0.25, -0.2) is 17.6 Å². The molecule has 264 valence electrons. The summed E-state index contributed by atoms with van der Waals surface area (Å²) in [7, 11) is -4.09. The molecule has 3 unspecified atom stereocenters. The van der Waals surface area contributed by atoms with Gasteiger partial charge in [-0.3, -0.25) is 0 Å². The van der Waals surface area contributed by atoms with Gasteiger partial charge in [0, 0.05) is 19.2 Å². The maximum Gasteiger partial charge on any atom is 0.407 e. The number of ether oxygens (including phenoxy) is 6. The Morgan fingerprint density at radius 1 is 1.02 bits per heavy atom. The van der Waals surface area contributed by atoms with E-state index in [0.717, 1.165) is 5.56 Å². The molecule has 6 rings (SSSR count). The van der Waals surface area contributed by atoms with Crippen molar-refractivity contribution in [3.63, 3.8) is 0 Å². The topological polar surface area (TPSA) is 142 Å². The smallest absolute Gasteiger partial charge is 0.407 e. The molecule has 2 saturated heterocycles. The summed E-state index contributed by atoms with van der Waals surface area (Å²) in [4.78, 5) is 13.2. The fourth-order valence-corrected chi connectivity index (χ4v) is 7.76. The number of aliphatic hydroxyl groups excluding tert-OH is 1. The summed E-state index contributed by atoms with van der Waals surface area (Å²) >= 11 is 0. The number of carbonyl (C=O) groups excluding carboxylic acids is 1. The van der Waals surface area contributed by atoms with Crippen LogP contribution < -0.4 is 19.5 Å². The molecule has 49 heavy (non-hydrogen) atoms. The Morgan fingerprint density at radius 2 is 1.82 bits per heavy atom. The molecule has 1 amide bonds. The standard InChI is InChI=1S/C35H41FN2O10S/c1-22(2)17-38(49(41,42)27-10-11-31-32(16-27)47-21-46-31)18-30(39)29(37-35(40)48-33-20-45-34-28(33)12-13-43-34)15-23-6-8-26(9-7-23)44-19-24-4-3-5-25(36)14-24/h3-11,14,16,22,28-30,33-34,39H,12-13,15,17-21H2,1-2H3,(H,37,40)/t28-,29?,30?,33?,34+/m1/s1. The van der Waals surface area contributed by atoms with Crippen molar-refractivity contribution in [2.24, 2.45) is 11.8 Å². The minimum Gasteiger partial charge on any atom is -0.489 e. The van der Waals surface area contributed by atoms with E-state index in [4.69, 9.17) is 28.4 Å². The highest BCUT2D eigenvalue weighted by Crippen LogP contribution is 2.35. The van der Waals surface area contributed by atoms with E-state index >= 15 is 0 Å². The highest BCUT2D eigenvalue weighted by atomic mass is 32.2. The SMILES string of the molecule is CC(C)CN(CC(O)C(Cc1ccc(OCc2cccc(F)c2)cc1)NC(=O)OC1CO[C@@H]2OCC[C@H]12)S(=O)(=O)c1ccc2c(c1)OCO2. The number of sulfonamides is 1. The van der Waals surface area contributed by atoms with Crippen molar-refractivity contribution in [2.75, 3.05) is 33.1 Å². The molecule has 3 aromatic rings. The van der Waals surface area contributed by atoms with Crippen LogP contribution in [0.1, 0.15) is 31.4 Å². The molecule has 0 aliphatic carbocycles. The van der Waals surface area contributed by atoms with Crippen molar-refractivity contribution in [1.29, 1.82) is 0 Å². The van der Waals surface area contributed by atoms with Crippen LogP contribution in [0, 0.1) is 17.7 Å². The number of carbonyl (C=O) groups is 1. The van der Waals surface area contributed by atoms with E-state index in [1.807, 2.05) is 13.8 Å². The van der Waals surface area contributed by atoms with Gasteiger partial charge in [0.25, 0.3) is 0 Å². The molecule has 3 heterocycles. The summed E-state index contributed by atoms with van der Waals surface area (Å²) in [5.41, 5.74) is 1.42. The first-order valence-electron chi connectivity index (χ1n) is 16.3. The van der Waals surface area contributed by atoms with Crippen LogP contribution in [0.25, 0.3) is 0 Å². The average Bonchev–Trinajstić information content (AvgIpc) is 3.82. The third kappa shape index (κ3) is 8.62. The Bertz CT molecular complexity index is 1710. The van der Waals surface area contributed by atoms with Crippen molar-refractivity contribution in [3.05, 3.63) is 83.7 Å². The molecule has 0 aromatic heterocycles. The van der Waals surface area contributed by atoms with Gasteiger partial charge in [-0.2, -0.15) is 4.31 Å². The third-order valence-electron chi connectivity index (χ3n) is 8.63. The zero-order valence-corrected chi connectivity index (χ0v) is 28.1. The molecule has 2 fully saturated rings. The Kier molecular flexibility index (Phi) is 10.9. The fraction of sp³-hybridized carbons (Fsp3) is 0.457. The average molecular weight is 701 g/mol. The number of hydrogen-bond acceptors (Lipinski definition) is 10. The highest BCUT2D eigenvalue weighted by molar-refractivity contribution is 7.89. The van der Waals surface area contributed by atoms with Crippen LogP contribution in [0.15, 0.2) is 71.6 Å². The summed E-state index contributed by atoms with van der Waals surface area (Å²) in [6.07, 6.45) is -2.16. The lowest BCUT2D eigenvalue weighted by molar-refractivity contribution is -0.0907. The van der Waals surface area contributed by atoms with E-state index in [0.29, 0.717) is 35.8 Å². The number of hydrogen-bond donors (Lipinski definition) is 2. The second-order valence-electron chi connectivity index (χ2n) is 12.8. The van der Waals surface area contributed by atoms with E-state index < -0.39 is 40.7 Å². The first-order valence-corrected chi connectivity index (χ1v) is 17.7. The van der Waals surface area contributed by atoms with Crippen molar-refractivity contribution in [1.82, 2.24) is 9.62 Å². The van der Waals surface area contributed by atoms with E-state index in [-0.39, 0.29) is 62.1 Å². The van der Waals surface area contributed by atoms with Gasteiger partial charge in [0.1, 0.15) is 24.3 Å². The molecule has 3 aromatic carbocycles. The quantitative estimate of drug-likeness (QED) is 0.251. The van der Waals surface area contributed by atoms with Crippen LogP contribution >= 0.6 is 0 Å². The van der Waals surface area contributed by atoms with Crippen LogP contribution in [0.2, 0.25) is 0 Å². The van der Waals surface area contributed by atoms with Crippen molar-refractivity contribution in [3.8, 4) is 17.2 Å². The molecule has 12 nitrogen and oxygen atoms in total. The van der Waals surface area contributed by atoms with Gasteiger partial charge in [-0.1, -0.05) is 38.1 Å². The summed E-state index contributed by atoms with van der Waals surface area (Å²) in [6.45, 7) is 4.45. The van der Waals surface area contributed by atoms with Gasteiger partial charge in [-0.15, -0.1) is 0 Å². The first-order chi connectivity index (χ1) is 23.5. The summed E-state index contributed by atoms with van der Waals surface area (Å²) in [5.74, 6) is 0.816. The number of nitrogens with zero attached hydrogens (tertiary/aromatic N) is 1. The molecule has 0 radical (unpaired) electrons. The highest BCUT2D eigenvalue weighted by Gasteiger charge is 2.44. The van der Waals surface area contributed by atoms with Crippen molar-refractivity contribution in [2.45, 2.75) is 62.7 Å². The first kappa shape index (κ1) is 34.9. The molecule has 3 aliphatic heterocycles. The minimum atomic E-state index is -4.09. The number of nitrogens with one attached hydrogen (secondary N) is 1. The third-order valence-corrected chi connectivity index (χ3v) is 10.5. The summed E-state index contributed by atoms with van der Waals surface area (Å²) in [6, 6.07) is 16.6. The molecular formula is C35H41FN2O10S. The normalized spacial score (nSPS) is 21.1. The molecule has 3 aliphatic rings. The molecule has 5 atom stereocenters.